The van der Waals surface area contributed by atoms with Crippen LogP contribution in [0.25, 0.3) is 0 Å². The highest BCUT2D eigenvalue weighted by atomic mass is 32.1. The number of carbonyl (C=O) groups excluding carboxylic acids is 1. The molecule has 2 heterocycles. The van der Waals surface area contributed by atoms with Gasteiger partial charge in [0.1, 0.15) is 5.69 Å². The Balaban J connectivity index is 1.84. The largest absolute Gasteiger partial charge is 0.334 e. The Bertz CT molecular complexity index is 703. The molecule has 1 amide bonds. The number of rotatable bonds is 4. The van der Waals surface area contributed by atoms with Crippen molar-refractivity contribution in [1.29, 1.82) is 0 Å². The Hall–Kier alpha value is -1.69. The van der Waals surface area contributed by atoms with E-state index in [4.69, 9.17) is 4.98 Å². The molecule has 0 saturated carbocycles. The van der Waals surface area contributed by atoms with Gasteiger partial charge in [-0.05, 0) is 39.5 Å². The van der Waals surface area contributed by atoms with Crippen molar-refractivity contribution in [3.05, 3.63) is 33.8 Å². The van der Waals surface area contributed by atoms with Crippen molar-refractivity contribution < 1.29 is 4.79 Å². The molecule has 0 radical (unpaired) electrons. The lowest BCUT2D eigenvalue weighted by Crippen LogP contribution is -2.33. The third kappa shape index (κ3) is 3.04. The van der Waals surface area contributed by atoms with Crippen LogP contribution >= 0.6 is 11.3 Å². The predicted molar refractivity (Wildman–Crippen MR) is 91.9 cm³/mol. The molecule has 0 N–H and O–H groups in total. The summed E-state index contributed by atoms with van der Waals surface area (Å²) in [6, 6.07) is 0.442. The zero-order chi connectivity index (χ0) is 16.6. The fourth-order valence-corrected chi connectivity index (χ4v) is 4.25. The number of hydrogen-bond donors (Lipinski definition) is 0. The molecule has 0 spiro atoms. The number of thiazole rings is 1. The minimum Gasteiger partial charge on any atom is -0.334 e. The number of aromatic nitrogens is 3. The molecule has 0 unspecified atom stereocenters. The lowest BCUT2D eigenvalue weighted by Gasteiger charge is -2.30. The smallest absolute Gasteiger partial charge is 0.274 e. The van der Waals surface area contributed by atoms with Crippen LogP contribution in [0.15, 0.2) is 12.5 Å². The Labute approximate surface area is 141 Å². The molecule has 1 atom stereocenters. The van der Waals surface area contributed by atoms with Gasteiger partial charge in [0, 0.05) is 19.3 Å². The first-order valence-corrected chi connectivity index (χ1v) is 9.12. The maximum atomic E-state index is 12.8. The summed E-state index contributed by atoms with van der Waals surface area (Å²) in [5.74, 6) is -0.00583. The topological polar surface area (TPSA) is 51.0 Å². The van der Waals surface area contributed by atoms with E-state index in [1.54, 1.807) is 17.7 Å². The van der Waals surface area contributed by atoms with Crippen LogP contribution in [0.1, 0.15) is 71.8 Å². The summed E-state index contributed by atoms with van der Waals surface area (Å²) in [7, 11) is 1.89. The summed E-state index contributed by atoms with van der Waals surface area (Å²) in [5.41, 5.74) is 1.71. The van der Waals surface area contributed by atoms with E-state index in [1.165, 1.54) is 15.6 Å². The van der Waals surface area contributed by atoms with E-state index in [1.807, 2.05) is 22.7 Å². The number of hydrogen-bond acceptors (Lipinski definition) is 4. The van der Waals surface area contributed by atoms with Gasteiger partial charge < -0.3 is 9.47 Å². The second-order valence-electron chi connectivity index (χ2n) is 6.40. The van der Waals surface area contributed by atoms with Gasteiger partial charge in [0.05, 0.1) is 27.9 Å². The van der Waals surface area contributed by atoms with Gasteiger partial charge in [-0.2, -0.15) is 0 Å². The van der Waals surface area contributed by atoms with Gasteiger partial charge in [-0.25, -0.2) is 9.97 Å². The molecule has 2 aromatic heterocycles. The minimum absolute atomic E-state index is 0.00583. The molecule has 0 bridgehead atoms. The van der Waals surface area contributed by atoms with Crippen LogP contribution in [0.5, 0.6) is 0 Å². The van der Waals surface area contributed by atoms with E-state index >= 15 is 0 Å². The molecule has 0 aromatic carbocycles. The molecule has 0 fully saturated rings. The fraction of sp³-hybridized carbons (Fsp3) is 0.588. The third-order valence-electron chi connectivity index (χ3n) is 4.47. The van der Waals surface area contributed by atoms with Gasteiger partial charge >= 0.3 is 0 Å². The predicted octanol–water partition coefficient (Wildman–Crippen LogP) is 3.63. The molecule has 2 aromatic rings. The van der Waals surface area contributed by atoms with E-state index in [9.17, 15) is 4.79 Å². The quantitative estimate of drug-likeness (QED) is 0.859. The van der Waals surface area contributed by atoms with Crippen molar-refractivity contribution in [2.45, 2.75) is 58.5 Å². The number of carbonyl (C=O) groups is 1. The molecule has 3 rings (SSSR count). The highest BCUT2D eigenvalue weighted by Crippen LogP contribution is 2.38. The molecule has 5 nitrogen and oxygen atoms in total. The van der Waals surface area contributed by atoms with Crippen molar-refractivity contribution in [3.63, 3.8) is 0 Å². The van der Waals surface area contributed by atoms with Crippen LogP contribution < -0.4 is 0 Å². The summed E-state index contributed by atoms with van der Waals surface area (Å²) < 4.78 is 1.97. The summed E-state index contributed by atoms with van der Waals surface area (Å²) in [6.07, 6.45) is 7.67. The molecule has 0 saturated heterocycles. The Morgan fingerprint density at radius 3 is 2.96 bits per heavy atom. The Morgan fingerprint density at radius 2 is 2.30 bits per heavy atom. The first-order valence-electron chi connectivity index (χ1n) is 8.30. The second kappa shape index (κ2) is 6.43. The van der Waals surface area contributed by atoms with E-state index in [2.05, 4.69) is 25.8 Å². The molecule has 1 aliphatic rings. The van der Waals surface area contributed by atoms with Crippen molar-refractivity contribution in [1.82, 2.24) is 19.4 Å². The van der Waals surface area contributed by atoms with Crippen LogP contribution in [0.2, 0.25) is 0 Å². The summed E-state index contributed by atoms with van der Waals surface area (Å²) >= 11 is 1.76. The highest BCUT2D eigenvalue weighted by molar-refractivity contribution is 7.11. The molecule has 1 aliphatic carbocycles. The van der Waals surface area contributed by atoms with Crippen molar-refractivity contribution in [2.24, 2.45) is 0 Å². The number of aryl methyl sites for hydroxylation is 2. The normalized spacial score (nSPS) is 17.3. The second-order valence-corrected chi connectivity index (χ2v) is 7.51. The van der Waals surface area contributed by atoms with Crippen molar-refractivity contribution in [3.8, 4) is 0 Å². The van der Waals surface area contributed by atoms with Crippen LogP contribution in [0.3, 0.4) is 0 Å². The Kier molecular flexibility index (Phi) is 4.53. The summed E-state index contributed by atoms with van der Waals surface area (Å²) in [4.78, 5) is 24.9. The maximum absolute atomic E-state index is 12.8. The van der Waals surface area contributed by atoms with E-state index in [0.717, 1.165) is 25.7 Å². The molecule has 6 heteroatoms. The van der Waals surface area contributed by atoms with Gasteiger partial charge in [-0.15, -0.1) is 11.3 Å². The number of amides is 1. The first kappa shape index (κ1) is 16.2. The van der Waals surface area contributed by atoms with Crippen LogP contribution in [-0.2, 0) is 12.8 Å². The van der Waals surface area contributed by atoms with Gasteiger partial charge in [0.2, 0.25) is 0 Å². The van der Waals surface area contributed by atoms with E-state index in [0.29, 0.717) is 11.7 Å². The zero-order valence-corrected chi connectivity index (χ0v) is 15.1. The van der Waals surface area contributed by atoms with Crippen LogP contribution in [-0.4, -0.2) is 32.4 Å². The number of fused-ring (bicyclic) bond motifs is 1. The molecule has 0 aliphatic heterocycles. The first-order chi connectivity index (χ1) is 11.0. The van der Waals surface area contributed by atoms with Crippen LogP contribution in [0, 0.1) is 0 Å². The van der Waals surface area contributed by atoms with Gasteiger partial charge in [-0.3, -0.25) is 4.79 Å². The minimum atomic E-state index is -0.00583. The van der Waals surface area contributed by atoms with E-state index < -0.39 is 0 Å². The number of nitrogens with zero attached hydrogens (tertiary/aromatic N) is 4. The zero-order valence-electron chi connectivity index (χ0n) is 14.2. The van der Waals surface area contributed by atoms with Crippen molar-refractivity contribution >= 4 is 17.2 Å². The van der Waals surface area contributed by atoms with Gasteiger partial charge in [-0.1, -0.05) is 6.92 Å². The maximum Gasteiger partial charge on any atom is 0.274 e. The molecular weight excluding hydrogens is 308 g/mol. The SMILES string of the molecule is CCc1nc2c(s1)[C@@H](N(C)C(=O)c1cn(C(C)C)cn1)CCC2. The third-order valence-corrected chi connectivity index (χ3v) is 5.82. The lowest BCUT2D eigenvalue weighted by molar-refractivity contribution is 0.0712. The standard InChI is InChI=1S/C17H24N4OS/c1-5-15-19-12-7-6-8-14(16(12)23-15)20(4)17(22)13-9-21(10-18-13)11(2)3/h9-11,14H,5-8H2,1-4H3/t14-/m0/s1. The highest BCUT2D eigenvalue weighted by Gasteiger charge is 2.31. The lowest BCUT2D eigenvalue weighted by atomic mass is 9.97. The molecule has 124 valence electrons. The fourth-order valence-electron chi connectivity index (χ4n) is 3.02. The number of imidazole rings is 1. The summed E-state index contributed by atoms with van der Waals surface area (Å²) in [6.45, 7) is 6.29. The Morgan fingerprint density at radius 1 is 1.52 bits per heavy atom. The monoisotopic (exact) mass is 332 g/mol. The van der Waals surface area contributed by atoms with Gasteiger partial charge in [0.25, 0.3) is 5.91 Å². The molecule has 23 heavy (non-hydrogen) atoms. The average Bonchev–Trinajstić information content (AvgIpc) is 3.19. The van der Waals surface area contributed by atoms with Crippen LogP contribution in [0.4, 0.5) is 0 Å². The summed E-state index contributed by atoms with van der Waals surface area (Å²) in [5, 5.41) is 1.17. The van der Waals surface area contributed by atoms with E-state index in [-0.39, 0.29) is 11.9 Å². The van der Waals surface area contributed by atoms with Crippen molar-refractivity contribution in [2.75, 3.05) is 7.05 Å². The molecular formula is C17H24N4OS. The van der Waals surface area contributed by atoms with Gasteiger partial charge in [0.15, 0.2) is 0 Å². The average molecular weight is 332 g/mol.